The Hall–Kier alpha value is -2.34. The summed E-state index contributed by atoms with van der Waals surface area (Å²) in [6.07, 6.45) is 0.437. The zero-order chi connectivity index (χ0) is 17.9. The van der Waals surface area contributed by atoms with E-state index in [1.54, 1.807) is 16.2 Å². The third-order valence-corrected chi connectivity index (χ3v) is 4.40. The molecule has 0 aliphatic rings. The lowest BCUT2D eigenvalue weighted by Crippen LogP contribution is -2.39. The van der Waals surface area contributed by atoms with Crippen molar-refractivity contribution in [3.05, 3.63) is 58.3 Å². The number of aliphatic imine (C=N–C) groups is 1. The number of carbonyl (C=O) groups excluding carboxylic acids is 1. The van der Waals surface area contributed by atoms with E-state index in [-0.39, 0.29) is 5.91 Å². The van der Waals surface area contributed by atoms with Crippen LogP contribution in [0.1, 0.15) is 24.5 Å². The van der Waals surface area contributed by atoms with Crippen LogP contribution in [0.5, 0.6) is 0 Å². The van der Waals surface area contributed by atoms with Gasteiger partial charge in [-0.15, -0.1) is 0 Å². The van der Waals surface area contributed by atoms with Crippen LogP contribution in [0.4, 0.5) is 0 Å². The summed E-state index contributed by atoms with van der Waals surface area (Å²) >= 11 is 1.67. The van der Waals surface area contributed by atoms with E-state index in [0.717, 1.165) is 18.1 Å². The van der Waals surface area contributed by atoms with Gasteiger partial charge in [0.05, 0.1) is 6.54 Å². The number of nitrogens with zero attached hydrogens (tertiary/aromatic N) is 2. The van der Waals surface area contributed by atoms with Crippen molar-refractivity contribution in [3.63, 3.8) is 0 Å². The summed E-state index contributed by atoms with van der Waals surface area (Å²) in [6, 6.07) is 12.1. The fourth-order valence-electron chi connectivity index (χ4n) is 2.32. The van der Waals surface area contributed by atoms with Gasteiger partial charge in [-0.05, 0) is 34.9 Å². The topological polar surface area (TPSA) is 56.7 Å². The van der Waals surface area contributed by atoms with E-state index >= 15 is 0 Å². The first-order valence-electron chi connectivity index (χ1n) is 8.50. The van der Waals surface area contributed by atoms with Gasteiger partial charge >= 0.3 is 0 Å². The molecule has 1 heterocycles. The molecular weight excluding hydrogens is 332 g/mol. The standard InChI is InChI=1S/C19H26N4OS/c1-3-20-19(22-13-17-10-12-25-15-17)21-11-9-18(24)23(2)14-16-7-5-4-6-8-16/h4-8,10,12,15H,3,9,11,13-14H2,1-2H3,(H2,20,21,22). The third kappa shape index (κ3) is 6.97. The molecule has 0 radical (unpaired) electrons. The summed E-state index contributed by atoms with van der Waals surface area (Å²) in [5.74, 6) is 0.859. The van der Waals surface area contributed by atoms with Crippen LogP contribution < -0.4 is 10.6 Å². The monoisotopic (exact) mass is 358 g/mol. The van der Waals surface area contributed by atoms with Crippen molar-refractivity contribution in [2.45, 2.75) is 26.4 Å². The molecule has 6 heteroatoms. The number of carbonyl (C=O) groups is 1. The number of amides is 1. The summed E-state index contributed by atoms with van der Waals surface area (Å²) in [5, 5.41) is 10.6. The molecule has 2 N–H and O–H groups in total. The largest absolute Gasteiger partial charge is 0.357 e. The Kier molecular flexibility index (Phi) is 7.98. The Morgan fingerprint density at radius 2 is 1.96 bits per heavy atom. The van der Waals surface area contributed by atoms with Crippen LogP contribution in [-0.2, 0) is 17.9 Å². The summed E-state index contributed by atoms with van der Waals surface area (Å²) in [5.41, 5.74) is 2.33. The van der Waals surface area contributed by atoms with Gasteiger partial charge in [0.15, 0.2) is 5.96 Å². The van der Waals surface area contributed by atoms with Crippen molar-refractivity contribution in [1.29, 1.82) is 0 Å². The first-order chi connectivity index (χ1) is 12.2. The average molecular weight is 359 g/mol. The van der Waals surface area contributed by atoms with E-state index in [1.165, 1.54) is 5.56 Å². The Labute approximate surface area is 153 Å². The van der Waals surface area contributed by atoms with Crippen LogP contribution >= 0.6 is 11.3 Å². The van der Waals surface area contributed by atoms with Crippen LogP contribution in [0, 0.1) is 0 Å². The van der Waals surface area contributed by atoms with Crippen LogP contribution in [0.2, 0.25) is 0 Å². The molecule has 2 aromatic rings. The van der Waals surface area contributed by atoms with Gasteiger partial charge < -0.3 is 15.5 Å². The van der Waals surface area contributed by atoms with Gasteiger partial charge in [-0.2, -0.15) is 11.3 Å². The molecule has 0 unspecified atom stereocenters. The molecule has 5 nitrogen and oxygen atoms in total. The zero-order valence-corrected chi connectivity index (χ0v) is 15.7. The first-order valence-corrected chi connectivity index (χ1v) is 9.44. The van der Waals surface area contributed by atoms with E-state index in [1.807, 2.05) is 49.7 Å². The SMILES string of the molecule is CCNC(=NCc1ccsc1)NCCC(=O)N(C)Cc1ccccc1. The maximum atomic E-state index is 12.3. The van der Waals surface area contributed by atoms with Crippen LogP contribution in [0.3, 0.4) is 0 Å². The predicted octanol–water partition coefficient (Wildman–Crippen LogP) is 2.85. The molecule has 0 atom stereocenters. The highest BCUT2D eigenvalue weighted by molar-refractivity contribution is 7.07. The number of guanidine groups is 1. The first kappa shape index (κ1) is 19.0. The average Bonchev–Trinajstić information content (AvgIpc) is 3.14. The Morgan fingerprint density at radius 1 is 1.16 bits per heavy atom. The second kappa shape index (κ2) is 10.5. The lowest BCUT2D eigenvalue weighted by molar-refractivity contribution is -0.130. The molecule has 0 aliphatic carbocycles. The number of nitrogens with one attached hydrogen (secondary N) is 2. The molecule has 25 heavy (non-hydrogen) atoms. The maximum absolute atomic E-state index is 12.3. The lowest BCUT2D eigenvalue weighted by atomic mass is 10.2. The zero-order valence-electron chi connectivity index (χ0n) is 14.9. The third-order valence-electron chi connectivity index (χ3n) is 3.66. The van der Waals surface area contributed by atoms with Gasteiger partial charge in [0.1, 0.15) is 0 Å². The van der Waals surface area contributed by atoms with Gasteiger partial charge in [-0.3, -0.25) is 4.79 Å². The number of benzene rings is 1. The van der Waals surface area contributed by atoms with E-state index < -0.39 is 0 Å². The lowest BCUT2D eigenvalue weighted by Gasteiger charge is -2.18. The van der Waals surface area contributed by atoms with Crippen molar-refractivity contribution < 1.29 is 4.79 Å². The normalized spacial score (nSPS) is 11.2. The highest BCUT2D eigenvalue weighted by atomic mass is 32.1. The predicted molar refractivity (Wildman–Crippen MR) is 105 cm³/mol. The highest BCUT2D eigenvalue weighted by Crippen LogP contribution is 2.07. The highest BCUT2D eigenvalue weighted by Gasteiger charge is 2.09. The fraction of sp³-hybridized carbons (Fsp3) is 0.368. The van der Waals surface area contributed by atoms with Crippen LogP contribution in [0.25, 0.3) is 0 Å². The maximum Gasteiger partial charge on any atom is 0.224 e. The summed E-state index contributed by atoms with van der Waals surface area (Å²) in [7, 11) is 1.84. The number of rotatable bonds is 8. The molecular formula is C19H26N4OS. The fourth-order valence-corrected chi connectivity index (χ4v) is 2.98. The van der Waals surface area contributed by atoms with Crippen molar-refractivity contribution in [2.75, 3.05) is 20.1 Å². The molecule has 0 bridgehead atoms. The molecule has 0 aliphatic heterocycles. The molecule has 1 amide bonds. The van der Waals surface area contributed by atoms with E-state index in [9.17, 15) is 4.79 Å². The summed E-state index contributed by atoms with van der Waals surface area (Å²) < 4.78 is 0. The van der Waals surface area contributed by atoms with E-state index in [0.29, 0.717) is 26.1 Å². The van der Waals surface area contributed by atoms with Crippen LogP contribution in [0.15, 0.2) is 52.2 Å². The molecule has 2 rings (SSSR count). The van der Waals surface area contributed by atoms with E-state index in [2.05, 4.69) is 27.1 Å². The van der Waals surface area contributed by atoms with Crippen molar-refractivity contribution in [1.82, 2.24) is 15.5 Å². The van der Waals surface area contributed by atoms with E-state index in [4.69, 9.17) is 0 Å². The minimum atomic E-state index is 0.116. The second-order valence-corrected chi connectivity index (χ2v) is 6.52. The molecule has 1 aromatic heterocycles. The van der Waals surface area contributed by atoms with Gasteiger partial charge in [0.25, 0.3) is 0 Å². The van der Waals surface area contributed by atoms with Gasteiger partial charge in [-0.25, -0.2) is 4.99 Å². The summed E-state index contributed by atoms with van der Waals surface area (Å²) in [6.45, 7) is 4.65. The Balaban J connectivity index is 1.76. The van der Waals surface area contributed by atoms with Crippen molar-refractivity contribution >= 4 is 23.2 Å². The molecule has 1 aromatic carbocycles. The molecule has 0 fully saturated rings. The molecule has 0 saturated heterocycles. The number of hydrogen-bond donors (Lipinski definition) is 2. The van der Waals surface area contributed by atoms with Gasteiger partial charge in [-0.1, -0.05) is 30.3 Å². The Morgan fingerprint density at radius 3 is 2.64 bits per heavy atom. The number of hydrogen-bond acceptors (Lipinski definition) is 3. The molecule has 0 saturated carbocycles. The van der Waals surface area contributed by atoms with Crippen molar-refractivity contribution in [2.24, 2.45) is 4.99 Å². The Bertz CT molecular complexity index is 655. The van der Waals surface area contributed by atoms with Crippen LogP contribution in [-0.4, -0.2) is 36.9 Å². The smallest absolute Gasteiger partial charge is 0.224 e. The number of thiophene rings is 1. The minimum absolute atomic E-state index is 0.116. The van der Waals surface area contributed by atoms with Crippen molar-refractivity contribution in [3.8, 4) is 0 Å². The second-order valence-electron chi connectivity index (χ2n) is 5.74. The molecule has 134 valence electrons. The summed E-state index contributed by atoms with van der Waals surface area (Å²) in [4.78, 5) is 18.6. The quantitative estimate of drug-likeness (QED) is 0.563. The molecule has 0 spiro atoms. The van der Waals surface area contributed by atoms with Gasteiger partial charge in [0.2, 0.25) is 5.91 Å². The minimum Gasteiger partial charge on any atom is -0.357 e. The van der Waals surface area contributed by atoms with Gasteiger partial charge in [0, 0.05) is 33.1 Å².